The lowest BCUT2D eigenvalue weighted by Gasteiger charge is -2.34. The van der Waals surface area contributed by atoms with E-state index in [4.69, 9.17) is 0 Å². The SMILES string of the molecule is Cc1c(C(=O)N2CCN(C/C=C/c3ccccc3)CC2)[nH]c2ccc(F)cc12. The highest BCUT2D eigenvalue weighted by atomic mass is 19.1. The molecule has 3 aromatic rings. The lowest BCUT2D eigenvalue weighted by atomic mass is 10.1. The lowest BCUT2D eigenvalue weighted by Crippen LogP contribution is -2.48. The van der Waals surface area contributed by atoms with Gasteiger partial charge in [0.2, 0.25) is 0 Å². The standard InChI is InChI=1S/C23H24FN3O/c1-17-20-16-19(24)9-10-21(20)25-22(17)23(28)27-14-12-26(13-15-27)11-5-8-18-6-3-2-4-7-18/h2-10,16,25H,11-15H2,1H3/b8-5+. The Morgan fingerprint density at radius 3 is 2.61 bits per heavy atom. The van der Waals surface area contributed by atoms with E-state index in [0.29, 0.717) is 18.8 Å². The van der Waals surface area contributed by atoms with Crippen LogP contribution in [0.3, 0.4) is 0 Å². The van der Waals surface area contributed by atoms with Gasteiger partial charge in [-0.25, -0.2) is 4.39 Å². The van der Waals surface area contributed by atoms with Crippen LogP contribution in [0.4, 0.5) is 4.39 Å². The number of benzene rings is 2. The summed E-state index contributed by atoms with van der Waals surface area (Å²) in [6.45, 7) is 5.83. The number of piperazine rings is 1. The summed E-state index contributed by atoms with van der Waals surface area (Å²) in [6, 6.07) is 14.8. The molecule has 0 saturated carbocycles. The third-order valence-electron chi connectivity index (χ3n) is 5.37. The number of halogens is 1. The number of aromatic amines is 1. The molecule has 4 rings (SSSR count). The van der Waals surface area contributed by atoms with E-state index in [1.54, 1.807) is 6.07 Å². The third-order valence-corrected chi connectivity index (χ3v) is 5.37. The number of aryl methyl sites for hydroxylation is 1. The molecule has 1 saturated heterocycles. The van der Waals surface area contributed by atoms with Gasteiger partial charge in [0.05, 0.1) is 0 Å². The van der Waals surface area contributed by atoms with Crippen molar-refractivity contribution in [2.24, 2.45) is 0 Å². The quantitative estimate of drug-likeness (QED) is 0.744. The van der Waals surface area contributed by atoms with Gasteiger partial charge in [0.15, 0.2) is 0 Å². The second-order valence-corrected chi connectivity index (χ2v) is 7.22. The molecule has 2 aromatic carbocycles. The number of nitrogens with one attached hydrogen (secondary N) is 1. The summed E-state index contributed by atoms with van der Waals surface area (Å²) in [5, 5.41) is 0.771. The molecular formula is C23H24FN3O. The Hall–Kier alpha value is -2.92. The first kappa shape index (κ1) is 18.4. The van der Waals surface area contributed by atoms with Gasteiger partial charge in [-0.05, 0) is 36.2 Å². The van der Waals surface area contributed by atoms with E-state index < -0.39 is 0 Å². The average Bonchev–Trinajstić information content (AvgIpc) is 3.05. The number of rotatable bonds is 4. The highest BCUT2D eigenvalue weighted by Crippen LogP contribution is 2.24. The number of fused-ring (bicyclic) bond motifs is 1. The Bertz CT molecular complexity index is 1000. The number of H-pyrrole nitrogens is 1. The molecule has 2 heterocycles. The fraction of sp³-hybridized carbons (Fsp3) is 0.261. The molecule has 0 radical (unpaired) electrons. The van der Waals surface area contributed by atoms with Crippen molar-refractivity contribution in [3.63, 3.8) is 0 Å². The predicted molar refractivity (Wildman–Crippen MR) is 111 cm³/mol. The van der Waals surface area contributed by atoms with E-state index >= 15 is 0 Å². The van der Waals surface area contributed by atoms with Gasteiger partial charge < -0.3 is 9.88 Å². The molecule has 0 atom stereocenters. The van der Waals surface area contributed by atoms with E-state index in [-0.39, 0.29) is 11.7 Å². The van der Waals surface area contributed by atoms with Crippen molar-refractivity contribution < 1.29 is 9.18 Å². The highest BCUT2D eigenvalue weighted by Gasteiger charge is 2.24. The monoisotopic (exact) mass is 377 g/mol. The van der Waals surface area contributed by atoms with Crippen molar-refractivity contribution in [3.8, 4) is 0 Å². The Kier molecular flexibility index (Phi) is 5.26. The van der Waals surface area contributed by atoms with Crippen LogP contribution >= 0.6 is 0 Å². The van der Waals surface area contributed by atoms with Gasteiger partial charge in [-0.2, -0.15) is 0 Å². The van der Waals surface area contributed by atoms with E-state index in [1.165, 1.54) is 17.7 Å². The second-order valence-electron chi connectivity index (χ2n) is 7.22. The molecule has 1 aromatic heterocycles. The molecule has 144 valence electrons. The van der Waals surface area contributed by atoms with Gasteiger partial charge in [0, 0.05) is 43.6 Å². The topological polar surface area (TPSA) is 39.3 Å². The average molecular weight is 377 g/mol. The maximum atomic E-state index is 13.5. The zero-order chi connectivity index (χ0) is 19.5. The van der Waals surface area contributed by atoms with Crippen LogP contribution in [0.25, 0.3) is 17.0 Å². The zero-order valence-electron chi connectivity index (χ0n) is 16.0. The van der Waals surface area contributed by atoms with Crippen LogP contribution in [0.5, 0.6) is 0 Å². The normalized spacial score (nSPS) is 15.6. The van der Waals surface area contributed by atoms with E-state index in [9.17, 15) is 9.18 Å². The van der Waals surface area contributed by atoms with E-state index in [2.05, 4.69) is 34.2 Å². The van der Waals surface area contributed by atoms with Crippen molar-refractivity contribution in [1.82, 2.24) is 14.8 Å². The fourth-order valence-electron chi connectivity index (χ4n) is 3.71. The predicted octanol–water partition coefficient (Wildman–Crippen LogP) is 4.09. The van der Waals surface area contributed by atoms with Crippen LogP contribution in [0, 0.1) is 12.7 Å². The molecule has 1 aliphatic rings. The van der Waals surface area contributed by atoms with Crippen LogP contribution in [0.15, 0.2) is 54.6 Å². The molecule has 5 heteroatoms. The van der Waals surface area contributed by atoms with Gasteiger partial charge >= 0.3 is 0 Å². The van der Waals surface area contributed by atoms with Gasteiger partial charge in [0.1, 0.15) is 11.5 Å². The smallest absolute Gasteiger partial charge is 0.270 e. The Morgan fingerprint density at radius 2 is 1.86 bits per heavy atom. The van der Waals surface area contributed by atoms with Crippen LogP contribution < -0.4 is 0 Å². The Balaban J connectivity index is 1.36. The first-order chi connectivity index (χ1) is 13.6. The number of aromatic nitrogens is 1. The summed E-state index contributed by atoms with van der Waals surface area (Å²) in [5.41, 5.74) is 3.37. The van der Waals surface area contributed by atoms with E-state index in [1.807, 2.05) is 30.0 Å². The minimum absolute atomic E-state index is 0.00594. The molecule has 0 unspecified atom stereocenters. The van der Waals surface area contributed by atoms with Crippen molar-refractivity contribution in [1.29, 1.82) is 0 Å². The summed E-state index contributed by atoms with van der Waals surface area (Å²) >= 11 is 0. The summed E-state index contributed by atoms with van der Waals surface area (Å²) in [7, 11) is 0. The minimum Gasteiger partial charge on any atom is -0.350 e. The number of amides is 1. The van der Waals surface area contributed by atoms with Crippen LogP contribution in [0.1, 0.15) is 21.6 Å². The first-order valence-corrected chi connectivity index (χ1v) is 9.63. The highest BCUT2D eigenvalue weighted by molar-refractivity contribution is 6.00. The van der Waals surface area contributed by atoms with Crippen molar-refractivity contribution in [2.75, 3.05) is 32.7 Å². The van der Waals surface area contributed by atoms with E-state index in [0.717, 1.165) is 36.1 Å². The third kappa shape index (κ3) is 3.85. The van der Waals surface area contributed by atoms with Gasteiger partial charge in [0.25, 0.3) is 5.91 Å². The summed E-state index contributed by atoms with van der Waals surface area (Å²) in [4.78, 5) is 20.3. The van der Waals surface area contributed by atoms with Crippen LogP contribution in [-0.2, 0) is 0 Å². The van der Waals surface area contributed by atoms with Gasteiger partial charge in [-0.15, -0.1) is 0 Å². The lowest BCUT2D eigenvalue weighted by molar-refractivity contribution is 0.0644. The number of carbonyl (C=O) groups is 1. The molecule has 1 fully saturated rings. The van der Waals surface area contributed by atoms with Crippen molar-refractivity contribution >= 4 is 22.9 Å². The molecule has 4 nitrogen and oxygen atoms in total. The fourth-order valence-corrected chi connectivity index (χ4v) is 3.71. The molecule has 0 aliphatic carbocycles. The molecule has 0 spiro atoms. The van der Waals surface area contributed by atoms with Crippen LogP contribution in [-0.4, -0.2) is 53.4 Å². The molecule has 1 amide bonds. The zero-order valence-corrected chi connectivity index (χ0v) is 16.0. The molecule has 1 N–H and O–H groups in total. The largest absolute Gasteiger partial charge is 0.350 e. The maximum absolute atomic E-state index is 13.5. The Morgan fingerprint density at radius 1 is 1.11 bits per heavy atom. The molecule has 28 heavy (non-hydrogen) atoms. The van der Waals surface area contributed by atoms with Crippen molar-refractivity contribution in [2.45, 2.75) is 6.92 Å². The molecular weight excluding hydrogens is 353 g/mol. The number of carbonyl (C=O) groups excluding carboxylic acids is 1. The molecule has 0 bridgehead atoms. The van der Waals surface area contributed by atoms with Crippen molar-refractivity contribution in [3.05, 3.63) is 77.2 Å². The number of hydrogen-bond acceptors (Lipinski definition) is 2. The van der Waals surface area contributed by atoms with Gasteiger partial charge in [-0.3, -0.25) is 9.69 Å². The Labute approximate surface area is 164 Å². The first-order valence-electron chi connectivity index (χ1n) is 9.63. The summed E-state index contributed by atoms with van der Waals surface area (Å²) in [6.07, 6.45) is 4.30. The van der Waals surface area contributed by atoms with Gasteiger partial charge in [-0.1, -0.05) is 42.5 Å². The summed E-state index contributed by atoms with van der Waals surface area (Å²) in [5.74, 6) is -0.292. The minimum atomic E-state index is -0.286. The maximum Gasteiger partial charge on any atom is 0.270 e. The van der Waals surface area contributed by atoms with Crippen LogP contribution in [0.2, 0.25) is 0 Å². The number of hydrogen-bond donors (Lipinski definition) is 1. The number of nitrogens with zero attached hydrogens (tertiary/aromatic N) is 2. The molecule has 1 aliphatic heterocycles. The second kappa shape index (κ2) is 7.98. The summed E-state index contributed by atoms with van der Waals surface area (Å²) < 4.78 is 13.5.